The lowest BCUT2D eigenvalue weighted by Crippen LogP contribution is -2.25. The van der Waals surface area contributed by atoms with Gasteiger partial charge in [0.05, 0.1) is 11.9 Å². The maximum Gasteiger partial charge on any atom is 0.233 e. The van der Waals surface area contributed by atoms with Gasteiger partial charge in [0.1, 0.15) is 0 Å². The van der Waals surface area contributed by atoms with Crippen LogP contribution in [0.5, 0.6) is 0 Å². The van der Waals surface area contributed by atoms with Crippen molar-refractivity contribution < 1.29 is 0 Å². The molecule has 0 saturated heterocycles. The zero-order valence-corrected chi connectivity index (χ0v) is 12.3. The van der Waals surface area contributed by atoms with E-state index in [2.05, 4.69) is 49.4 Å². The normalized spacial score (nSPS) is 10.4. The molecule has 2 aromatic heterocycles. The second-order valence-electron chi connectivity index (χ2n) is 4.23. The molecule has 0 aliphatic carbocycles. The summed E-state index contributed by atoms with van der Waals surface area (Å²) >= 11 is 0. The Morgan fingerprint density at radius 3 is 2.40 bits per heavy atom. The zero-order chi connectivity index (χ0) is 14.5. The summed E-state index contributed by atoms with van der Waals surface area (Å²) in [5, 5.41) is 10.2. The number of hydrogen-bond donors (Lipinski definition) is 2. The Kier molecular flexibility index (Phi) is 4.34. The van der Waals surface area contributed by atoms with E-state index in [9.17, 15) is 0 Å². The van der Waals surface area contributed by atoms with E-state index in [4.69, 9.17) is 0 Å². The highest BCUT2D eigenvalue weighted by Crippen LogP contribution is 2.16. The summed E-state index contributed by atoms with van der Waals surface area (Å²) in [5.74, 6) is 1.69. The molecule has 2 aromatic rings. The third-order valence-electron chi connectivity index (χ3n) is 2.85. The van der Waals surface area contributed by atoms with Crippen molar-refractivity contribution in [2.45, 2.75) is 13.8 Å². The summed E-state index contributed by atoms with van der Waals surface area (Å²) in [6.45, 7) is 5.83. The van der Waals surface area contributed by atoms with Gasteiger partial charge in [0.2, 0.25) is 17.8 Å². The van der Waals surface area contributed by atoms with Gasteiger partial charge in [-0.3, -0.25) is 4.68 Å². The number of aryl methyl sites for hydroxylation is 1. The van der Waals surface area contributed by atoms with Crippen molar-refractivity contribution in [2.24, 2.45) is 7.05 Å². The van der Waals surface area contributed by atoms with E-state index in [0.717, 1.165) is 18.8 Å². The minimum absolute atomic E-state index is 0.499. The van der Waals surface area contributed by atoms with Gasteiger partial charge in [-0.15, -0.1) is 0 Å². The maximum absolute atomic E-state index is 4.44. The van der Waals surface area contributed by atoms with E-state index in [1.165, 1.54) is 0 Å². The summed E-state index contributed by atoms with van der Waals surface area (Å²) in [6.07, 6.45) is 3.58. The van der Waals surface area contributed by atoms with Crippen LogP contribution in [0.15, 0.2) is 12.4 Å². The molecule has 0 fully saturated rings. The Balaban J connectivity index is 2.29. The number of anilines is 4. The second-order valence-corrected chi connectivity index (χ2v) is 4.23. The van der Waals surface area contributed by atoms with Crippen molar-refractivity contribution >= 4 is 23.5 Å². The Morgan fingerprint density at radius 1 is 1.15 bits per heavy atom. The highest BCUT2D eigenvalue weighted by Gasteiger charge is 2.11. The standard InChI is InChI=1S/C12H20N8/c1-5-20(6-2)12-17-10(13-3)16-11(18-12)15-9-7-14-19(4)8-9/h7-8H,5-6H2,1-4H3,(H2,13,15,16,17,18). The van der Waals surface area contributed by atoms with Crippen LogP contribution in [0, 0.1) is 0 Å². The third kappa shape index (κ3) is 3.14. The predicted octanol–water partition coefficient (Wildman–Crippen LogP) is 1.24. The number of rotatable bonds is 6. The van der Waals surface area contributed by atoms with E-state index in [-0.39, 0.29) is 0 Å². The third-order valence-corrected chi connectivity index (χ3v) is 2.85. The van der Waals surface area contributed by atoms with Gasteiger partial charge in [-0.1, -0.05) is 0 Å². The molecule has 0 atom stereocenters. The van der Waals surface area contributed by atoms with E-state index < -0.39 is 0 Å². The van der Waals surface area contributed by atoms with Crippen molar-refractivity contribution in [3.63, 3.8) is 0 Å². The lowest BCUT2D eigenvalue weighted by atomic mass is 10.5. The van der Waals surface area contributed by atoms with Crippen molar-refractivity contribution in [1.29, 1.82) is 0 Å². The van der Waals surface area contributed by atoms with Gasteiger partial charge >= 0.3 is 0 Å². The lowest BCUT2D eigenvalue weighted by molar-refractivity contribution is 0.768. The molecule has 0 saturated carbocycles. The van der Waals surface area contributed by atoms with Crippen LogP contribution in [-0.4, -0.2) is 44.9 Å². The fourth-order valence-corrected chi connectivity index (χ4v) is 1.80. The topological polar surface area (TPSA) is 83.8 Å². The number of nitrogens with zero attached hydrogens (tertiary/aromatic N) is 6. The molecule has 0 spiro atoms. The van der Waals surface area contributed by atoms with Gasteiger partial charge in [0.25, 0.3) is 0 Å². The smallest absolute Gasteiger partial charge is 0.233 e. The Labute approximate surface area is 118 Å². The molecule has 0 aliphatic heterocycles. The van der Waals surface area contributed by atoms with Crippen LogP contribution in [-0.2, 0) is 7.05 Å². The highest BCUT2D eigenvalue weighted by atomic mass is 15.3. The fraction of sp³-hybridized carbons (Fsp3) is 0.500. The van der Waals surface area contributed by atoms with Crippen LogP contribution in [0.3, 0.4) is 0 Å². The number of hydrogen-bond acceptors (Lipinski definition) is 7. The van der Waals surface area contributed by atoms with Crippen LogP contribution in [0.2, 0.25) is 0 Å². The number of nitrogens with one attached hydrogen (secondary N) is 2. The van der Waals surface area contributed by atoms with Crippen LogP contribution in [0.4, 0.5) is 23.5 Å². The van der Waals surface area contributed by atoms with E-state index in [1.54, 1.807) is 17.9 Å². The zero-order valence-electron chi connectivity index (χ0n) is 12.3. The molecule has 0 unspecified atom stereocenters. The molecule has 0 aliphatic rings. The molecule has 2 heterocycles. The van der Waals surface area contributed by atoms with E-state index in [0.29, 0.717) is 17.8 Å². The summed E-state index contributed by atoms with van der Waals surface area (Å²) in [5.41, 5.74) is 0.839. The average molecular weight is 276 g/mol. The Bertz CT molecular complexity index is 560. The van der Waals surface area contributed by atoms with Crippen molar-refractivity contribution in [1.82, 2.24) is 24.7 Å². The molecule has 0 amide bonds. The van der Waals surface area contributed by atoms with E-state index in [1.807, 2.05) is 13.2 Å². The van der Waals surface area contributed by atoms with Crippen LogP contribution < -0.4 is 15.5 Å². The van der Waals surface area contributed by atoms with Gasteiger partial charge in [-0.25, -0.2) is 0 Å². The summed E-state index contributed by atoms with van der Waals surface area (Å²) in [6, 6.07) is 0. The first-order chi connectivity index (χ1) is 9.66. The van der Waals surface area contributed by atoms with Crippen LogP contribution in [0.25, 0.3) is 0 Å². The first-order valence-electron chi connectivity index (χ1n) is 6.60. The molecule has 20 heavy (non-hydrogen) atoms. The molecule has 0 aromatic carbocycles. The van der Waals surface area contributed by atoms with E-state index >= 15 is 0 Å². The summed E-state index contributed by atoms with van der Waals surface area (Å²) < 4.78 is 1.72. The molecular formula is C12H20N8. The molecule has 108 valence electrons. The summed E-state index contributed by atoms with van der Waals surface area (Å²) in [7, 11) is 3.65. The summed E-state index contributed by atoms with van der Waals surface area (Å²) in [4.78, 5) is 15.2. The van der Waals surface area contributed by atoms with Gasteiger partial charge in [-0.05, 0) is 13.8 Å². The molecule has 2 N–H and O–H groups in total. The SMILES string of the molecule is CCN(CC)c1nc(NC)nc(Nc2cnn(C)c2)n1. The molecule has 2 rings (SSSR count). The van der Waals surface area contributed by atoms with Gasteiger partial charge in [0.15, 0.2) is 0 Å². The lowest BCUT2D eigenvalue weighted by Gasteiger charge is -2.19. The van der Waals surface area contributed by atoms with Gasteiger partial charge in [-0.2, -0.15) is 20.1 Å². The second kappa shape index (κ2) is 6.18. The Hall–Kier alpha value is -2.38. The largest absolute Gasteiger partial charge is 0.357 e. The van der Waals surface area contributed by atoms with Crippen molar-refractivity contribution in [2.75, 3.05) is 35.7 Å². The predicted molar refractivity (Wildman–Crippen MR) is 79.4 cm³/mol. The Morgan fingerprint density at radius 2 is 1.85 bits per heavy atom. The van der Waals surface area contributed by atoms with Gasteiger partial charge < -0.3 is 15.5 Å². The van der Waals surface area contributed by atoms with Crippen LogP contribution >= 0.6 is 0 Å². The van der Waals surface area contributed by atoms with Crippen molar-refractivity contribution in [3.8, 4) is 0 Å². The maximum atomic E-state index is 4.44. The highest BCUT2D eigenvalue weighted by molar-refractivity contribution is 5.53. The minimum Gasteiger partial charge on any atom is -0.357 e. The quantitative estimate of drug-likeness (QED) is 0.821. The van der Waals surface area contributed by atoms with Crippen LogP contribution in [0.1, 0.15) is 13.8 Å². The van der Waals surface area contributed by atoms with Gasteiger partial charge in [0, 0.05) is 33.4 Å². The molecule has 0 radical (unpaired) electrons. The first-order valence-corrected chi connectivity index (χ1v) is 6.60. The average Bonchev–Trinajstić information content (AvgIpc) is 2.85. The monoisotopic (exact) mass is 276 g/mol. The number of aromatic nitrogens is 5. The molecule has 0 bridgehead atoms. The minimum atomic E-state index is 0.499. The molecular weight excluding hydrogens is 256 g/mol. The first kappa shape index (κ1) is 14.0. The molecule has 8 nitrogen and oxygen atoms in total. The van der Waals surface area contributed by atoms with Crippen molar-refractivity contribution in [3.05, 3.63) is 12.4 Å². The molecule has 8 heteroatoms. The fourth-order valence-electron chi connectivity index (χ4n) is 1.80.